The molecule has 7 heteroatoms. The molecular weight excluding hydrogens is 362 g/mol. The molecule has 0 unspecified atom stereocenters. The predicted octanol–water partition coefficient (Wildman–Crippen LogP) is 2.54. The van der Waals surface area contributed by atoms with Crippen molar-refractivity contribution in [3.05, 3.63) is 29.8 Å². The number of hydrogen-bond acceptors (Lipinski definition) is 4. The molecule has 2 rings (SSSR count). The molecule has 0 radical (unpaired) electrons. The molecule has 2 N–H and O–H groups in total. The summed E-state index contributed by atoms with van der Waals surface area (Å²) in [6.45, 7) is 2.15. The van der Waals surface area contributed by atoms with Gasteiger partial charge in [0.2, 0.25) is 0 Å². The van der Waals surface area contributed by atoms with Crippen LogP contribution in [-0.4, -0.2) is 53.5 Å². The van der Waals surface area contributed by atoms with Crippen LogP contribution in [-0.2, 0) is 21.0 Å². The molecule has 0 bridgehead atoms. The lowest BCUT2D eigenvalue weighted by atomic mass is 10.1. The lowest BCUT2D eigenvalue weighted by Crippen LogP contribution is -2.40. The first-order chi connectivity index (χ1) is 13.0. The van der Waals surface area contributed by atoms with Gasteiger partial charge in [0.05, 0.1) is 17.6 Å². The van der Waals surface area contributed by atoms with Crippen molar-refractivity contribution in [1.29, 1.82) is 0 Å². The van der Waals surface area contributed by atoms with Crippen molar-refractivity contribution in [2.45, 2.75) is 55.9 Å². The largest absolute Gasteiger partial charge is 0.376 e. The summed E-state index contributed by atoms with van der Waals surface area (Å²) in [5.74, 6) is 0.757. The minimum Gasteiger partial charge on any atom is -0.376 e. The zero-order chi connectivity index (χ0) is 19.5. The van der Waals surface area contributed by atoms with E-state index in [1.165, 1.54) is 44.8 Å². The minimum atomic E-state index is -3.14. The van der Waals surface area contributed by atoms with Gasteiger partial charge in [0.25, 0.3) is 0 Å². The van der Waals surface area contributed by atoms with Crippen molar-refractivity contribution >= 4 is 15.8 Å². The van der Waals surface area contributed by atoms with Crippen LogP contribution in [0, 0.1) is 0 Å². The van der Waals surface area contributed by atoms with E-state index in [0.29, 0.717) is 17.6 Å². The molecule has 0 amide bonds. The number of ether oxygens (including phenoxy) is 1. The van der Waals surface area contributed by atoms with Crippen molar-refractivity contribution in [3.8, 4) is 0 Å². The molecule has 0 heterocycles. The smallest absolute Gasteiger partial charge is 0.191 e. The Morgan fingerprint density at radius 3 is 2.30 bits per heavy atom. The second-order valence-corrected chi connectivity index (χ2v) is 9.09. The first-order valence-corrected chi connectivity index (χ1v) is 11.7. The lowest BCUT2D eigenvalue weighted by molar-refractivity contribution is 0.0468. The molecule has 1 fully saturated rings. The van der Waals surface area contributed by atoms with Crippen molar-refractivity contribution in [3.63, 3.8) is 0 Å². The van der Waals surface area contributed by atoms with Crippen molar-refractivity contribution < 1.29 is 13.2 Å². The molecule has 1 saturated carbocycles. The Morgan fingerprint density at radius 2 is 1.70 bits per heavy atom. The van der Waals surface area contributed by atoms with Crippen LogP contribution < -0.4 is 10.6 Å². The molecule has 152 valence electrons. The van der Waals surface area contributed by atoms with E-state index in [4.69, 9.17) is 4.74 Å². The number of benzene rings is 1. The van der Waals surface area contributed by atoms with E-state index in [0.717, 1.165) is 31.0 Å². The van der Waals surface area contributed by atoms with Gasteiger partial charge in [-0.05, 0) is 37.0 Å². The molecule has 1 aromatic rings. The first-order valence-electron chi connectivity index (χ1n) is 9.84. The van der Waals surface area contributed by atoms with E-state index in [2.05, 4.69) is 15.6 Å². The summed E-state index contributed by atoms with van der Waals surface area (Å²) in [6, 6.07) is 7.02. The molecule has 1 aliphatic carbocycles. The maximum Gasteiger partial charge on any atom is 0.191 e. The van der Waals surface area contributed by atoms with Gasteiger partial charge in [-0.3, -0.25) is 4.99 Å². The molecular formula is C20H33N3O3S. The van der Waals surface area contributed by atoms with Crippen LogP contribution in [0.3, 0.4) is 0 Å². The number of sulfone groups is 1. The molecule has 27 heavy (non-hydrogen) atoms. The van der Waals surface area contributed by atoms with Crippen molar-refractivity contribution in [1.82, 2.24) is 10.6 Å². The number of aliphatic imine (C=N–C) groups is 1. The van der Waals surface area contributed by atoms with Gasteiger partial charge in [-0.1, -0.05) is 37.8 Å². The molecule has 6 nitrogen and oxygen atoms in total. The summed E-state index contributed by atoms with van der Waals surface area (Å²) >= 11 is 0. The Labute approximate surface area is 163 Å². The summed E-state index contributed by atoms with van der Waals surface area (Å²) in [5, 5.41) is 6.55. The maximum atomic E-state index is 11.5. The van der Waals surface area contributed by atoms with E-state index in [-0.39, 0.29) is 0 Å². The van der Waals surface area contributed by atoms with E-state index in [9.17, 15) is 8.42 Å². The third-order valence-corrected chi connectivity index (χ3v) is 5.96. The van der Waals surface area contributed by atoms with Crippen molar-refractivity contribution in [2.24, 2.45) is 4.99 Å². The summed E-state index contributed by atoms with van der Waals surface area (Å²) in [7, 11) is -1.38. The van der Waals surface area contributed by atoms with Gasteiger partial charge in [-0.25, -0.2) is 8.42 Å². The summed E-state index contributed by atoms with van der Waals surface area (Å²) in [4.78, 5) is 4.58. The fraction of sp³-hybridized carbons (Fsp3) is 0.650. The number of nitrogens with one attached hydrogen (secondary N) is 2. The average molecular weight is 396 g/mol. The molecule has 1 aromatic carbocycles. The van der Waals surface area contributed by atoms with Gasteiger partial charge in [0.1, 0.15) is 0 Å². The number of hydrogen-bond donors (Lipinski definition) is 2. The third-order valence-electron chi connectivity index (χ3n) is 4.83. The lowest BCUT2D eigenvalue weighted by Gasteiger charge is -2.16. The first kappa shape index (κ1) is 21.7. The van der Waals surface area contributed by atoms with E-state index < -0.39 is 9.84 Å². The predicted molar refractivity (Wildman–Crippen MR) is 110 cm³/mol. The Balaban J connectivity index is 1.63. The van der Waals surface area contributed by atoms with Crippen molar-refractivity contribution in [2.75, 3.05) is 33.0 Å². The second-order valence-electron chi connectivity index (χ2n) is 7.08. The zero-order valence-electron chi connectivity index (χ0n) is 16.5. The Hall–Kier alpha value is -1.60. The van der Waals surface area contributed by atoms with E-state index in [1.54, 1.807) is 19.2 Å². The monoisotopic (exact) mass is 395 g/mol. The van der Waals surface area contributed by atoms with Gasteiger partial charge in [0.15, 0.2) is 15.8 Å². The topological polar surface area (TPSA) is 79.8 Å². The van der Waals surface area contributed by atoms with Crippen LogP contribution in [0.2, 0.25) is 0 Å². The number of guanidine groups is 1. The van der Waals surface area contributed by atoms with E-state index >= 15 is 0 Å². The fourth-order valence-corrected chi connectivity index (χ4v) is 3.88. The molecule has 0 aromatic heterocycles. The van der Waals surface area contributed by atoms with Gasteiger partial charge in [0, 0.05) is 26.4 Å². The van der Waals surface area contributed by atoms with E-state index in [1.807, 2.05) is 12.1 Å². The highest BCUT2D eigenvalue weighted by Gasteiger charge is 2.12. The minimum absolute atomic E-state index is 0.352. The van der Waals surface area contributed by atoms with Crippen LogP contribution >= 0.6 is 0 Å². The number of rotatable bonds is 8. The molecule has 1 aliphatic rings. The van der Waals surface area contributed by atoms with Gasteiger partial charge < -0.3 is 15.4 Å². The van der Waals surface area contributed by atoms with Crippen LogP contribution in [0.25, 0.3) is 0 Å². The highest BCUT2D eigenvalue weighted by Crippen LogP contribution is 2.19. The SMILES string of the molecule is CN=C(NCCOC1CCCCCC1)NCCc1ccc(S(C)(=O)=O)cc1. The van der Waals surface area contributed by atoms with Crippen LogP contribution in [0.15, 0.2) is 34.2 Å². The number of nitrogens with zero attached hydrogens (tertiary/aromatic N) is 1. The van der Waals surface area contributed by atoms with Crippen LogP contribution in [0.4, 0.5) is 0 Å². The highest BCUT2D eigenvalue weighted by molar-refractivity contribution is 7.90. The standard InChI is InChI=1S/C20H33N3O3S/c1-21-20(23-15-16-26-18-7-5-3-4-6-8-18)22-14-13-17-9-11-19(12-10-17)27(2,24)25/h9-12,18H,3-8,13-16H2,1-2H3,(H2,21,22,23). The van der Waals surface area contributed by atoms with Gasteiger partial charge in [-0.2, -0.15) is 0 Å². The molecule has 0 aliphatic heterocycles. The molecule has 0 spiro atoms. The quantitative estimate of drug-likeness (QED) is 0.306. The Morgan fingerprint density at radius 1 is 1.07 bits per heavy atom. The molecule has 0 atom stereocenters. The Kier molecular flexibility index (Phi) is 9.07. The van der Waals surface area contributed by atoms with Gasteiger partial charge >= 0.3 is 0 Å². The second kappa shape index (κ2) is 11.3. The maximum absolute atomic E-state index is 11.5. The normalized spacial score (nSPS) is 16.7. The highest BCUT2D eigenvalue weighted by atomic mass is 32.2. The van der Waals surface area contributed by atoms with Crippen LogP contribution in [0.5, 0.6) is 0 Å². The summed E-state index contributed by atoms with van der Waals surface area (Å²) in [5.41, 5.74) is 1.09. The van der Waals surface area contributed by atoms with Gasteiger partial charge in [-0.15, -0.1) is 0 Å². The average Bonchev–Trinajstić information content (AvgIpc) is 2.92. The third kappa shape index (κ3) is 8.30. The summed E-state index contributed by atoms with van der Waals surface area (Å²) < 4.78 is 28.9. The fourth-order valence-electron chi connectivity index (χ4n) is 3.25. The Bertz CT molecular complexity index is 679. The summed E-state index contributed by atoms with van der Waals surface area (Å²) in [6.07, 6.45) is 10.0. The zero-order valence-corrected chi connectivity index (χ0v) is 17.4. The molecule has 0 saturated heterocycles. The van der Waals surface area contributed by atoms with Crippen LogP contribution in [0.1, 0.15) is 44.1 Å².